The molecule has 0 saturated carbocycles. The first-order valence-corrected chi connectivity index (χ1v) is 10.2. The highest BCUT2D eigenvalue weighted by Gasteiger charge is 2.36. The summed E-state index contributed by atoms with van der Waals surface area (Å²) in [6.07, 6.45) is 2.62. The van der Waals surface area contributed by atoms with Gasteiger partial charge in [-0.3, -0.25) is 9.59 Å². The van der Waals surface area contributed by atoms with Gasteiger partial charge in [0, 0.05) is 37.4 Å². The van der Waals surface area contributed by atoms with Crippen LogP contribution in [0.2, 0.25) is 0 Å². The van der Waals surface area contributed by atoms with Gasteiger partial charge in [-0.25, -0.2) is 0 Å². The normalized spacial score (nSPS) is 19.0. The molecule has 1 atom stereocenters. The van der Waals surface area contributed by atoms with Crippen LogP contribution >= 0.6 is 0 Å². The maximum Gasteiger partial charge on any atom is 0.229 e. The lowest BCUT2D eigenvalue weighted by Crippen LogP contribution is -2.28. The first-order valence-electron chi connectivity index (χ1n) is 10.2. The van der Waals surface area contributed by atoms with Crippen molar-refractivity contribution in [2.45, 2.75) is 26.2 Å². The quantitative estimate of drug-likeness (QED) is 0.843. The molecule has 1 unspecified atom stereocenters. The van der Waals surface area contributed by atoms with E-state index in [1.54, 1.807) is 12.0 Å². The van der Waals surface area contributed by atoms with Crippen molar-refractivity contribution in [1.82, 2.24) is 0 Å². The maximum absolute atomic E-state index is 12.9. The molecule has 2 aromatic rings. The van der Waals surface area contributed by atoms with Gasteiger partial charge in [-0.2, -0.15) is 0 Å². The van der Waals surface area contributed by atoms with Gasteiger partial charge in [-0.05, 0) is 55.7 Å². The number of rotatable bonds is 5. The minimum absolute atomic E-state index is 0.0557. The number of aryl methyl sites for hydroxylation is 1. The van der Waals surface area contributed by atoms with Crippen molar-refractivity contribution >= 4 is 28.9 Å². The molecule has 29 heavy (non-hydrogen) atoms. The Morgan fingerprint density at radius 3 is 2.69 bits per heavy atom. The van der Waals surface area contributed by atoms with E-state index in [0.717, 1.165) is 35.7 Å². The number of nitrogens with one attached hydrogen (secondary N) is 1. The summed E-state index contributed by atoms with van der Waals surface area (Å²) >= 11 is 0. The SMILES string of the molecule is COc1ccc(C)cc1N1CC(C(=O)Nc2cccc(N3CCCC3)c2)CC1=O. The van der Waals surface area contributed by atoms with Crippen molar-refractivity contribution in [3.63, 3.8) is 0 Å². The number of nitrogens with zero attached hydrogens (tertiary/aromatic N) is 2. The maximum atomic E-state index is 12.9. The van der Waals surface area contributed by atoms with Gasteiger partial charge in [0.15, 0.2) is 0 Å². The number of ether oxygens (including phenoxy) is 1. The van der Waals surface area contributed by atoms with Crippen LogP contribution in [0.5, 0.6) is 5.75 Å². The molecule has 6 nitrogen and oxygen atoms in total. The summed E-state index contributed by atoms with van der Waals surface area (Å²) in [6.45, 7) is 4.45. The van der Waals surface area contributed by atoms with Crippen molar-refractivity contribution in [3.8, 4) is 5.75 Å². The van der Waals surface area contributed by atoms with E-state index < -0.39 is 0 Å². The molecule has 0 bridgehead atoms. The van der Waals surface area contributed by atoms with E-state index in [2.05, 4.69) is 16.3 Å². The minimum atomic E-state index is -0.386. The zero-order chi connectivity index (χ0) is 20.4. The Morgan fingerprint density at radius 2 is 1.93 bits per heavy atom. The predicted molar refractivity (Wildman–Crippen MR) is 115 cm³/mol. The average molecular weight is 393 g/mol. The highest BCUT2D eigenvalue weighted by atomic mass is 16.5. The topological polar surface area (TPSA) is 61.9 Å². The Balaban J connectivity index is 1.46. The summed E-state index contributed by atoms with van der Waals surface area (Å²) in [5.74, 6) is 0.0809. The molecule has 2 aromatic carbocycles. The first kappa shape index (κ1) is 19.3. The number of hydrogen-bond donors (Lipinski definition) is 1. The Bertz CT molecular complexity index is 921. The molecule has 2 saturated heterocycles. The van der Waals surface area contributed by atoms with Crippen molar-refractivity contribution < 1.29 is 14.3 Å². The number of hydrogen-bond acceptors (Lipinski definition) is 4. The van der Waals surface area contributed by atoms with Crippen molar-refractivity contribution in [3.05, 3.63) is 48.0 Å². The summed E-state index contributed by atoms with van der Waals surface area (Å²) in [5, 5.41) is 3.00. The summed E-state index contributed by atoms with van der Waals surface area (Å²) < 4.78 is 5.42. The highest BCUT2D eigenvalue weighted by molar-refractivity contribution is 6.04. The summed E-state index contributed by atoms with van der Waals surface area (Å²) in [4.78, 5) is 29.5. The molecular weight excluding hydrogens is 366 g/mol. The Labute approximate surface area is 171 Å². The van der Waals surface area contributed by atoms with Crippen molar-refractivity contribution in [2.24, 2.45) is 5.92 Å². The van der Waals surface area contributed by atoms with Crippen LogP contribution in [-0.4, -0.2) is 38.6 Å². The monoisotopic (exact) mass is 393 g/mol. The molecule has 1 N–H and O–H groups in total. The average Bonchev–Trinajstić information content (AvgIpc) is 3.38. The van der Waals surface area contributed by atoms with E-state index >= 15 is 0 Å². The number of anilines is 3. The van der Waals surface area contributed by atoms with Gasteiger partial charge >= 0.3 is 0 Å². The predicted octanol–water partition coefficient (Wildman–Crippen LogP) is 3.60. The lowest BCUT2D eigenvalue weighted by molar-refractivity contribution is -0.122. The second-order valence-corrected chi connectivity index (χ2v) is 7.81. The van der Waals surface area contributed by atoms with Crippen molar-refractivity contribution in [1.29, 1.82) is 0 Å². The van der Waals surface area contributed by atoms with E-state index in [4.69, 9.17) is 4.74 Å². The highest BCUT2D eigenvalue weighted by Crippen LogP contribution is 2.34. The van der Waals surface area contributed by atoms with Crippen LogP contribution in [0, 0.1) is 12.8 Å². The number of methoxy groups -OCH3 is 1. The zero-order valence-corrected chi connectivity index (χ0v) is 17.0. The van der Waals surface area contributed by atoms with E-state index in [-0.39, 0.29) is 24.2 Å². The molecule has 2 amide bonds. The third kappa shape index (κ3) is 4.06. The Kier molecular flexibility index (Phi) is 5.43. The van der Waals surface area contributed by atoms with Gasteiger partial charge in [-0.15, -0.1) is 0 Å². The van der Waals surface area contributed by atoms with E-state index in [1.807, 2.05) is 43.3 Å². The van der Waals surface area contributed by atoms with Crippen LogP contribution in [-0.2, 0) is 9.59 Å². The number of amides is 2. The third-order valence-electron chi connectivity index (χ3n) is 5.71. The van der Waals surface area contributed by atoms with Gasteiger partial charge in [0.1, 0.15) is 5.75 Å². The number of carbonyl (C=O) groups excluding carboxylic acids is 2. The van der Waals surface area contributed by atoms with Gasteiger partial charge in [0.2, 0.25) is 11.8 Å². The van der Waals surface area contributed by atoms with Gasteiger partial charge in [-0.1, -0.05) is 12.1 Å². The van der Waals surface area contributed by atoms with Gasteiger partial charge < -0.3 is 19.9 Å². The molecule has 2 heterocycles. The van der Waals surface area contributed by atoms with Gasteiger partial charge in [0.25, 0.3) is 0 Å². The number of benzene rings is 2. The molecule has 0 radical (unpaired) electrons. The van der Waals surface area contributed by atoms with E-state index in [9.17, 15) is 9.59 Å². The fourth-order valence-electron chi connectivity index (χ4n) is 4.13. The number of carbonyl (C=O) groups is 2. The van der Waals surface area contributed by atoms with Crippen LogP contribution < -0.4 is 19.9 Å². The van der Waals surface area contributed by atoms with Crippen LogP contribution in [0.15, 0.2) is 42.5 Å². The molecule has 2 aliphatic rings. The standard InChI is InChI=1S/C23H27N3O3/c1-16-8-9-21(29-2)20(12-16)26-15-17(13-22(26)27)23(28)24-18-6-5-7-19(14-18)25-10-3-4-11-25/h5-9,12,14,17H,3-4,10-11,13,15H2,1-2H3,(H,24,28). The second kappa shape index (κ2) is 8.15. The first-order chi connectivity index (χ1) is 14.0. The van der Waals surface area contributed by atoms with Crippen molar-refractivity contribution in [2.75, 3.05) is 41.9 Å². The largest absolute Gasteiger partial charge is 0.495 e. The fraction of sp³-hybridized carbons (Fsp3) is 0.391. The molecule has 2 fully saturated rings. The van der Waals surface area contributed by atoms with Crippen LogP contribution in [0.3, 0.4) is 0 Å². The molecule has 2 aliphatic heterocycles. The molecule has 0 aliphatic carbocycles. The smallest absolute Gasteiger partial charge is 0.229 e. The summed E-state index contributed by atoms with van der Waals surface area (Å²) in [5.41, 5.74) is 3.68. The molecule has 0 spiro atoms. The van der Waals surface area contributed by atoms with Crippen LogP contribution in [0.4, 0.5) is 17.1 Å². The zero-order valence-electron chi connectivity index (χ0n) is 17.0. The minimum Gasteiger partial charge on any atom is -0.495 e. The van der Waals surface area contributed by atoms with E-state index in [1.165, 1.54) is 12.8 Å². The molecule has 152 valence electrons. The molecular formula is C23H27N3O3. The molecule has 0 aromatic heterocycles. The van der Waals surface area contributed by atoms with Crippen LogP contribution in [0.25, 0.3) is 0 Å². The van der Waals surface area contributed by atoms with Crippen LogP contribution in [0.1, 0.15) is 24.8 Å². The molecule has 4 rings (SSSR count). The Hall–Kier alpha value is -3.02. The van der Waals surface area contributed by atoms with Gasteiger partial charge in [0.05, 0.1) is 18.7 Å². The molecule has 6 heteroatoms. The summed E-state index contributed by atoms with van der Waals surface area (Å²) in [7, 11) is 1.59. The fourth-order valence-corrected chi connectivity index (χ4v) is 4.13. The second-order valence-electron chi connectivity index (χ2n) is 7.81. The van der Waals surface area contributed by atoms with E-state index in [0.29, 0.717) is 12.3 Å². The summed E-state index contributed by atoms with van der Waals surface area (Å²) in [6, 6.07) is 13.7. The lowest BCUT2D eigenvalue weighted by Gasteiger charge is -2.20. The third-order valence-corrected chi connectivity index (χ3v) is 5.71. The Morgan fingerprint density at radius 1 is 1.14 bits per heavy atom. The lowest BCUT2D eigenvalue weighted by atomic mass is 10.1.